The number of hydrogen-bond donors (Lipinski definition) is 1. The number of carbonyl (C=O) groups excluding carboxylic acids is 1. The first-order chi connectivity index (χ1) is 69.2. The van der Waals surface area contributed by atoms with Crippen molar-refractivity contribution in [3.05, 3.63) is 232 Å². The Morgan fingerprint density at radius 3 is 0.971 bits per heavy atom. The van der Waals surface area contributed by atoms with E-state index < -0.39 is 0 Å². The number of allylic oxidation sites excluding steroid dienone is 6. The summed E-state index contributed by atoms with van der Waals surface area (Å²) in [6.45, 7) is 33.7. The predicted molar refractivity (Wildman–Crippen MR) is 618 cm³/mol. The average molecular weight is 1910 g/mol. The number of carbonyl (C=O) groups is 1. The lowest BCUT2D eigenvalue weighted by Crippen LogP contribution is -2.42. The van der Waals surface area contributed by atoms with Gasteiger partial charge in [-0.05, 0) is 381 Å². The van der Waals surface area contributed by atoms with E-state index in [1.807, 2.05) is 133 Å². The highest BCUT2D eigenvalue weighted by molar-refractivity contribution is 6.01. The first kappa shape index (κ1) is 119. The van der Waals surface area contributed by atoms with Gasteiger partial charge in [-0.3, -0.25) is 9.78 Å². The summed E-state index contributed by atoms with van der Waals surface area (Å²) in [7, 11) is 0. The Kier molecular flexibility index (Phi) is 61.7. The average Bonchev–Trinajstić information content (AvgIpc) is 1.81. The number of Topliss-reactive ketones (excluding diaryl/α,β-unsaturated/α-hetero) is 1. The monoisotopic (exact) mass is 1910 g/mol. The van der Waals surface area contributed by atoms with Gasteiger partial charge in [0.2, 0.25) is 0 Å². The van der Waals surface area contributed by atoms with Crippen molar-refractivity contribution in [3.63, 3.8) is 0 Å². The van der Waals surface area contributed by atoms with E-state index in [4.69, 9.17) is 0 Å². The smallest absolute Gasteiger partial charge is 0.163 e. The van der Waals surface area contributed by atoms with Crippen molar-refractivity contribution >= 4 is 5.78 Å². The van der Waals surface area contributed by atoms with Crippen LogP contribution in [0.25, 0.3) is 11.1 Å². The van der Waals surface area contributed by atoms with Crippen molar-refractivity contribution in [2.24, 2.45) is 88.8 Å². The minimum atomic E-state index is 0.299. The van der Waals surface area contributed by atoms with Crippen molar-refractivity contribution in [2.75, 3.05) is 6.54 Å². The van der Waals surface area contributed by atoms with E-state index >= 15 is 0 Å². The number of nitrogens with one attached hydrogen (secondary N) is 1. The number of fused-ring (bicyclic) bond motifs is 23. The molecule has 6 aromatic rings. The van der Waals surface area contributed by atoms with E-state index in [0.29, 0.717) is 24.0 Å². The molecule has 2 heterocycles. The third kappa shape index (κ3) is 41.4. The van der Waals surface area contributed by atoms with Crippen LogP contribution in [0.3, 0.4) is 0 Å². The summed E-state index contributed by atoms with van der Waals surface area (Å²) in [6, 6.07) is 48.0. The van der Waals surface area contributed by atoms with Crippen molar-refractivity contribution in [1.29, 1.82) is 0 Å². The van der Waals surface area contributed by atoms with Crippen LogP contribution in [0.4, 0.5) is 0 Å². The molecule has 24 aliphatic carbocycles. The number of hydrogen-bond acceptors (Lipinski definition) is 3. The molecule has 0 amide bonds. The minimum Gasteiger partial charge on any atom is -0.314 e. The van der Waals surface area contributed by atoms with Crippen LogP contribution in [0.2, 0.25) is 0 Å². The molecule has 1 N–H and O–H groups in total. The maximum atomic E-state index is 11.3. The first-order valence-electron chi connectivity index (χ1n) is 61.8. The molecule has 3 atom stereocenters. The van der Waals surface area contributed by atoms with Crippen LogP contribution in [-0.4, -0.2) is 23.4 Å². The summed E-state index contributed by atoms with van der Waals surface area (Å²) in [4.78, 5) is 15.6. The molecule has 3 unspecified atom stereocenters. The number of rotatable bonds is 0. The van der Waals surface area contributed by atoms with Crippen molar-refractivity contribution in [3.8, 4) is 11.1 Å². The molecule has 5 aromatic carbocycles. The molecule has 782 valence electrons. The quantitative estimate of drug-likeness (QED) is 0.154. The van der Waals surface area contributed by atoms with Gasteiger partial charge in [-0.25, -0.2) is 0 Å². The largest absolute Gasteiger partial charge is 0.314 e. The number of aryl methyl sites for hydroxylation is 6. The van der Waals surface area contributed by atoms with E-state index in [-0.39, 0.29) is 0 Å². The second-order valence-electron chi connectivity index (χ2n) is 44.5. The number of piperidine rings is 1. The second kappa shape index (κ2) is 72.4. The predicted octanol–water partition coefficient (Wildman–Crippen LogP) is 41.8. The summed E-state index contributed by atoms with van der Waals surface area (Å²) in [5, 5.41) is 3.62. The third-order valence-corrected chi connectivity index (χ3v) is 35.2. The molecule has 1 aromatic heterocycles. The number of ketones is 1. The summed E-state index contributed by atoms with van der Waals surface area (Å²) in [5.41, 5.74) is 17.0. The van der Waals surface area contributed by atoms with E-state index in [9.17, 15) is 4.79 Å². The van der Waals surface area contributed by atoms with Gasteiger partial charge in [-0.2, -0.15) is 0 Å². The van der Waals surface area contributed by atoms with Crippen LogP contribution in [0.15, 0.2) is 176 Å². The Morgan fingerprint density at radius 1 is 0.264 bits per heavy atom. The number of pyridine rings is 1. The SMILES string of the molecule is C1=CC2CCCC(C1)CCC2.C1=CC2CCCC(C1)CCC2.C1=CCCCC1.C1C2CC3CC1CC(C2)C3.C1CC2CC(C1)C2.C1CC2CCC1C2.C1CCC2CCCCC2C1.C1CCC2NCCCC2C1.CC.CC.CC.CC.CC.CC.CC.CC1CC(=O)c2ccccc21.CC1c2ccccc2-c2ccccc21.c1ccc2c(c1)CCC2.c1ccc2c(c1)CCCC2.c1cnc2c(c1)CCCC2. The number of benzene rings is 5. The van der Waals surface area contributed by atoms with Crippen LogP contribution in [-0.2, 0) is 38.5 Å². The van der Waals surface area contributed by atoms with Crippen molar-refractivity contribution in [2.45, 2.75) is 514 Å². The molecule has 3 nitrogen and oxygen atoms in total. The maximum absolute atomic E-state index is 11.3. The molecule has 12 bridgehead atoms. The molecular formula is C137H218N2O. The highest BCUT2D eigenvalue weighted by atomic mass is 16.1. The summed E-state index contributed by atoms with van der Waals surface area (Å²) >= 11 is 0. The highest BCUT2D eigenvalue weighted by Crippen LogP contribution is 2.54. The summed E-state index contributed by atoms with van der Waals surface area (Å²) in [6.07, 6.45) is 104. The standard InChI is InChI=1S/C14H12.2C11H18.C10H10O.C10H16.C10H18.C10H12.C9H17N.C9H11N.C9H10.2C7H12.C6H10.7C2H6/c1-10-11-6-2-4-8-13(11)14-9-5-3-7-12(10)14;2*1-4-10-6-2-7-11(5-1)9-3-8-10;1-7-6-10(11)9-5-3-2-4-8(7)9;1-7-2-9-4-8(1)5-10(3-7)6-9;2*1-2-6-10-8-4-3-7-9(10)5-1;2*1-2-6-9-8(4-1)5-3-7-10-9;1-2-5-9-7-3-6-8(9)4-1;1-2-7-4-3-6(1)5-7;1-2-6-4-7(3-1)5-6;1-2-4-6-5-3-1;7*1-2/h2-10H,1H3;2*1,4,10-11H,2-3,5-9H2;2-5,7H,6H2,1H3;7-10H,1-6H2;9-10H,1-8H2;1-2,5-6H,3-4,7-8H2;8-10H,1-7H2;3,5,7H,1-2,4,6H2;1-2,4-5H,3,6-7H2;2*6-7H,1-5H2;1-2H,3-6H2;7*1-2H3. The van der Waals surface area contributed by atoms with Crippen LogP contribution in [0.1, 0.15) is 530 Å². The lowest BCUT2D eigenvalue weighted by molar-refractivity contribution is 0.0198. The first-order valence-corrected chi connectivity index (χ1v) is 61.8. The zero-order chi connectivity index (χ0) is 100.0. The van der Waals surface area contributed by atoms with Gasteiger partial charge in [0.15, 0.2) is 5.78 Å². The fraction of sp³-hybridized carbons (Fsp3) is 0.693. The minimum absolute atomic E-state index is 0.299. The Morgan fingerprint density at radius 2 is 0.600 bits per heavy atom. The number of aromatic nitrogens is 1. The maximum Gasteiger partial charge on any atom is 0.163 e. The Bertz CT molecular complexity index is 3810. The van der Waals surface area contributed by atoms with Gasteiger partial charge < -0.3 is 5.32 Å². The molecule has 1 aliphatic heterocycles. The molecular weight excluding hydrogens is 1690 g/mol. The number of nitrogens with zero attached hydrogens (tertiary/aromatic N) is 1. The molecule has 15 fully saturated rings. The highest BCUT2D eigenvalue weighted by Gasteiger charge is 2.42. The lowest BCUT2D eigenvalue weighted by Gasteiger charge is -2.49. The Hall–Kier alpha value is -5.90. The van der Waals surface area contributed by atoms with E-state index in [1.165, 1.54) is 350 Å². The molecule has 0 spiro atoms. The van der Waals surface area contributed by atoms with Gasteiger partial charge in [0.25, 0.3) is 0 Å². The fourth-order valence-corrected chi connectivity index (χ4v) is 28.1. The van der Waals surface area contributed by atoms with Gasteiger partial charge >= 0.3 is 0 Å². The topological polar surface area (TPSA) is 42.0 Å². The molecule has 140 heavy (non-hydrogen) atoms. The van der Waals surface area contributed by atoms with E-state index in [2.05, 4.69) is 164 Å². The zero-order valence-corrected chi connectivity index (χ0v) is 94.1. The van der Waals surface area contributed by atoms with Crippen LogP contribution in [0, 0.1) is 88.8 Å². The molecule has 31 rings (SSSR count). The molecule has 0 radical (unpaired) electrons. The van der Waals surface area contributed by atoms with Gasteiger partial charge in [0.1, 0.15) is 0 Å². The van der Waals surface area contributed by atoms with Gasteiger partial charge in [0, 0.05) is 35.8 Å². The molecule has 25 aliphatic rings. The van der Waals surface area contributed by atoms with Gasteiger partial charge in [-0.15, -0.1) is 0 Å². The zero-order valence-electron chi connectivity index (χ0n) is 94.1. The molecule has 3 heteroatoms. The third-order valence-electron chi connectivity index (χ3n) is 35.2. The second-order valence-corrected chi connectivity index (χ2v) is 44.5. The Balaban J connectivity index is 0.000000184. The van der Waals surface area contributed by atoms with Crippen LogP contribution < -0.4 is 5.32 Å². The molecule has 14 saturated carbocycles. The normalized spacial score (nSPS) is 28.3. The fourth-order valence-electron chi connectivity index (χ4n) is 28.1. The van der Waals surface area contributed by atoms with Crippen LogP contribution in [0.5, 0.6) is 0 Å². The summed E-state index contributed by atoms with van der Waals surface area (Å²) < 4.78 is 0. The molecule has 1 saturated heterocycles. The van der Waals surface area contributed by atoms with Gasteiger partial charge in [0.05, 0.1) is 0 Å². The van der Waals surface area contributed by atoms with Gasteiger partial charge in [-0.1, -0.05) is 435 Å². The lowest BCUT2D eigenvalue weighted by atomic mass is 9.56. The van der Waals surface area contributed by atoms with E-state index in [0.717, 1.165) is 53.0 Å². The van der Waals surface area contributed by atoms with Crippen LogP contribution >= 0.6 is 0 Å². The summed E-state index contributed by atoms with van der Waals surface area (Å²) in [5.74, 6) is 18.0. The Labute approximate surface area is 867 Å². The van der Waals surface area contributed by atoms with Crippen molar-refractivity contribution in [1.82, 2.24) is 10.3 Å². The van der Waals surface area contributed by atoms with Crippen molar-refractivity contribution < 1.29 is 4.79 Å². The van der Waals surface area contributed by atoms with E-state index in [1.54, 1.807) is 144 Å².